The highest BCUT2D eigenvalue weighted by Gasteiger charge is 2.18. The van der Waals surface area contributed by atoms with E-state index in [1.807, 2.05) is 24.3 Å². The highest BCUT2D eigenvalue weighted by atomic mass is 16.5. The van der Waals surface area contributed by atoms with Crippen molar-refractivity contribution in [2.75, 3.05) is 6.61 Å². The molecule has 0 bridgehead atoms. The fourth-order valence-electron chi connectivity index (χ4n) is 1.92. The molecule has 106 valence electrons. The van der Waals surface area contributed by atoms with Crippen LogP contribution in [0.4, 0.5) is 0 Å². The van der Waals surface area contributed by atoms with Gasteiger partial charge in [-0.15, -0.1) is 0 Å². The molecule has 0 radical (unpaired) electrons. The number of ether oxygens (including phenoxy) is 1. The fraction of sp³-hybridized carbons (Fsp3) is 0.400. The molecule has 1 aromatic heterocycles. The zero-order valence-electron chi connectivity index (χ0n) is 12.3. The third kappa shape index (κ3) is 2.87. The molecule has 0 aliphatic carbocycles. The van der Waals surface area contributed by atoms with Crippen LogP contribution in [0, 0.1) is 6.92 Å². The Bertz CT molecular complexity index is 600. The highest BCUT2D eigenvalue weighted by molar-refractivity contribution is 5.86. The van der Waals surface area contributed by atoms with Crippen LogP contribution in [0.1, 0.15) is 48.7 Å². The summed E-state index contributed by atoms with van der Waals surface area (Å²) in [5.74, 6) is 0.759. The van der Waals surface area contributed by atoms with Crippen molar-refractivity contribution in [3.8, 4) is 5.69 Å². The van der Waals surface area contributed by atoms with E-state index in [2.05, 4.69) is 23.9 Å². The highest BCUT2D eigenvalue weighted by Crippen LogP contribution is 2.17. The molecule has 5 heteroatoms. The summed E-state index contributed by atoms with van der Waals surface area (Å²) in [5.41, 5.74) is 2.04. The van der Waals surface area contributed by atoms with Crippen molar-refractivity contribution in [1.29, 1.82) is 0 Å². The van der Waals surface area contributed by atoms with Crippen molar-refractivity contribution >= 4 is 5.97 Å². The van der Waals surface area contributed by atoms with E-state index in [1.54, 1.807) is 13.8 Å². The van der Waals surface area contributed by atoms with Gasteiger partial charge in [-0.05, 0) is 37.5 Å². The third-order valence-electron chi connectivity index (χ3n) is 2.98. The molecule has 2 aromatic rings. The zero-order chi connectivity index (χ0) is 14.7. The lowest BCUT2D eigenvalue weighted by atomic mass is 10.0. The van der Waals surface area contributed by atoms with E-state index in [9.17, 15) is 4.79 Å². The van der Waals surface area contributed by atoms with Gasteiger partial charge in [-0.3, -0.25) is 0 Å². The van der Waals surface area contributed by atoms with Crippen LogP contribution >= 0.6 is 0 Å². The second-order valence-electron chi connectivity index (χ2n) is 4.86. The number of hydrogen-bond acceptors (Lipinski definition) is 4. The van der Waals surface area contributed by atoms with Crippen LogP contribution in [0.2, 0.25) is 0 Å². The Morgan fingerprint density at radius 3 is 2.50 bits per heavy atom. The van der Waals surface area contributed by atoms with Gasteiger partial charge in [0.25, 0.3) is 0 Å². The number of nitrogens with zero attached hydrogens (tertiary/aromatic N) is 3. The molecule has 0 unspecified atom stereocenters. The Labute approximate surface area is 118 Å². The largest absolute Gasteiger partial charge is 0.460 e. The Hall–Kier alpha value is -2.17. The van der Waals surface area contributed by atoms with Crippen LogP contribution in [-0.4, -0.2) is 27.3 Å². The van der Waals surface area contributed by atoms with Gasteiger partial charge in [0.1, 0.15) is 5.82 Å². The van der Waals surface area contributed by atoms with Crippen LogP contribution in [0.15, 0.2) is 24.3 Å². The monoisotopic (exact) mass is 273 g/mol. The number of carbonyl (C=O) groups excluding carboxylic acids is 1. The second kappa shape index (κ2) is 5.86. The zero-order valence-corrected chi connectivity index (χ0v) is 12.3. The maximum atomic E-state index is 11.9. The van der Waals surface area contributed by atoms with Crippen molar-refractivity contribution in [3.05, 3.63) is 41.5 Å². The molecule has 0 aliphatic heterocycles. The topological polar surface area (TPSA) is 57.0 Å². The fourth-order valence-corrected chi connectivity index (χ4v) is 1.92. The molecule has 0 aliphatic rings. The van der Waals surface area contributed by atoms with E-state index < -0.39 is 5.97 Å². The van der Waals surface area contributed by atoms with Gasteiger partial charge < -0.3 is 4.74 Å². The lowest BCUT2D eigenvalue weighted by Crippen LogP contribution is -2.13. The molecule has 0 N–H and O–H groups in total. The SMILES string of the molecule is CCOC(=O)c1nc(C)nn1-c1ccc(C(C)C)cc1. The maximum Gasteiger partial charge on any atom is 0.376 e. The molecule has 5 nitrogen and oxygen atoms in total. The van der Waals surface area contributed by atoms with E-state index in [-0.39, 0.29) is 5.82 Å². The Kier molecular flexibility index (Phi) is 4.17. The van der Waals surface area contributed by atoms with Crippen molar-refractivity contribution in [1.82, 2.24) is 14.8 Å². The molecule has 1 heterocycles. The normalized spacial score (nSPS) is 10.8. The minimum Gasteiger partial charge on any atom is -0.460 e. The predicted octanol–water partition coefficient (Wildman–Crippen LogP) is 2.88. The van der Waals surface area contributed by atoms with Crippen molar-refractivity contribution < 1.29 is 9.53 Å². The van der Waals surface area contributed by atoms with E-state index in [0.717, 1.165) is 5.69 Å². The standard InChI is InChI=1S/C15H19N3O2/c1-5-20-15(19)14-16-11(4)17-18(14)13-8-6-12(7-9-13)10(2)3/h6-10H,5H2,1-4H3. The molecule has 0 spiro atoms. The second-order valence-corrected chi connectivity index (χ2v) is 4.86. The molecule has 0 amide bonds. The number of aryl methyl sites for hydroxylation is 1. The molecule has 0 atom stereocenters. The van der Waals surface area contributed by atoms with Gasteiger partial charge in [0.05, 0.1) is 12.3 Å². The molecule has 0 saturated heterocycles. The summed E-state index contributed by atoms with van der Waals surface area (Å²) in [5, 5.41) is 4.26. The summed E-state index contributed by atoms with van der Waals surface area (Å²) >= 11 is 0. The van der Waals surface area contributed by atoms with Gasteiger partial charge in [-0.2, -0.15) is 5.10 Å². The van der Waals surface area contributed by atoms with E-state index in [0.29, 0.717) is 18.3 Å². The molecule has 0 fully saturated rings. The quantitative estimate of drug-likeness (QED) is 0.804. The predicted molar refractivity (Wildman–Crippen MR) is 76.1 cm³/mol. The van der Waals surface area contributed by atoms with Gasteiger partial charge in [0.2, 0.25) is 5.82 Å². The number of hydrogen-bond donors (Lipinski definition) is 0. The van der Waals surface area contributed by atoms with E-state index in [4.69, 9.17) is 4.74 Å². The Morgan fingerprint density at radius 2 is 1.95 bits per heavy atom. The lowest BCUT2D eigenvalue weighted by molar-refractivity contribution is 0.0508. The summed E-state index contributed by atoms with van der Waals surface area (Å²) in [6.07, 6.45) is 0. The third-order valence-corrected chi connectivity index (χ3v) is 2.98. The van der Waals surface area contributed by atoms with Crippen molar-refractivity contribution in [2.45, 2.75) is 33.6 Å². The summed E-state index contributed by atoms with van der Waals surface area (Å²) < 4.78 is 6.53. The average molecular weight is 273 g/mol. The van der Waals surface area contributed by atoms with Crippen LogP contribution in [0.5, 0.6) is 0 Å². The van der Waals surface area contributed by atoms with Gasteiger partial charge in [0.15, 0.2) is 0 Å². The Morgan fingerprint density at radius 1 is 1.30 bits per heavy atom. The number of aromatic nitrogens is 3. The summed E-state index contributed by atoms with van der Waals surface area (Å²) in [6.45, 7) is 8.11. The number of esters is 1. The first-order chi connectivity index (χ1) is 9.52. The molecular formula is C15H19N3O2. The first-order valence-electron chi connectivity index (χ1n) is 6.74. The van der Waals surface area contributed by atoms with Gasteiger partial charge in [0, 0.05) is 0 Å². The number of benzene rings is 1. The minimum atomic E-state index is -0.457. The smallest absolute Gasteiger partial charge is 0.376 e. The summed E-state index contributed by atoms with van der Waals surface area (Å²) in [7, 11) is 0. The average Bonchev–Trinajstić information content (AvgIpc) is 2.81. The summed E-state index contributed by atoms with van der Waals surface area (Å²) in [4.78, 5) is 16.0. The Balaban J connectivity index is 2.39. The van der Waals surface area contributed by atoms with Crippen LogP contribution in [0.25, 0.3) is 5.69 Å². The molecule has 1 aromatic carbocycles. The number of rotatable bonds is 4. The van der Waals surface area contributed by atoms with Gasteiger partial charge in [-0.1, -0.05) is 26.0 Å². The lowest BCUT2D eigenvalue weighted by Gasteiger charge is -2.08. The molecule has 20 heavy (non-hydrogen) atoms. The first kappa shape index (κ1) is 14.2. The molecule has 2 rings (SSSR count). The van der Waals surface area contributed by atoms with Crippen molar-refractivity contribution in [3.63, 3.8) is 0 Å². The molecular weight excluding hydrogens is 254 g/mol. The van der Waals surface area contributed by atoms with Crippen LogP contribution < -0.4 is 0 Å². The van der Waals surface area contributed by atoms with Crippen LogP contribution in [-0.2, 0) is 4.74 Å². The van der Waals surface area contributed by atoms with Gasteiger partial charge >= 0.3 is 5.97 Å². The van der Waals surface area contributed by atoms with Crippen molar-refractivity contribution in [2.24, 2.45) is 0 Å². The van der Waals surface area contributed by atoms with Gasteiger partial charge in [-0.25, -0.2) is 14.5 Å². The number of carbonyl (C=O) groups is 1. The minimum absolute atomic E-state index is 0.210. The van der Waals surface area contributed by atoms with Crippen LogP contribution in [0.3, 0.4) is 0 Å². The maximum absolute atomic E-state index is 11.9. The van der Waals surface area contributed by atoms with E-state index >= 15 is 0 Å². The first-order valence-corrected chi connectivity index (χ1v) is 6.74. The molecule has 0 saturated carbocycles. The summed E-state index contributed by atoms with van der Waals surface area (Å²) in [6, 6.07) is 7.94. The van der Waals surface area contributed by atoms with E-state index in [1.165, 1.54) is 10.2 Å².